The third-order valence-electron chi connectivity index (χ3n) is 2.76. The van der Waals surface area contributed by atoms with E-state index in [0.29, 0.717) is 11.8 Å². The van der Waals surface area contributed by atoms with Crippen LogP contribution in [0.15, 0.2) is 0 Å². The van der Waals surface area contributed by atoms with Gasteiger partial charge in [0.15, 0.2) is 0 Å². The van der Waals surface area contributed by atoms with Crippen molar-refractivity contribution in [1.29, 1.82) is 0 Å². The number of hydrogen-bond donors (Lipinski definition) is 4. The van der Waals surface area contributed by atoms with Crippen LogP contribution in [0.5, 0.6) is 0 Å². The minimum Gasteiger partial charge on any atom is -0.481 e. The predicted octanol–water partition coefficient (Wildman–Crippen LogP) is 0.499. The molecule has 7 nitrogen and oxygen atoms in total. The standard InChI is InChI=1S/C11H18N2O5S/c14-9(15)4-3-8(10(16)17)13-11(18)12-6-7-2-1-5-19-7/h7-8H,1-6H2,(H,14,15)(H,16,17)(H2,12,13,18). The van der Waals surface area contributed by atoms with E-state index in [1.165, 1.54) is 0 Å². The van der Waals surface area contributed by atoms with E-state index in [0.717, 1.165) is 18.6 Å². The summed E-state index contributed by atoms with van der Waals surface area (Å²) in [4.78, 5) is 32.8. The van der Waals surface area contributed by atoms with Crippen LogP contribution in [0.25, 0.3) is 0 Å². The number of thioether (sulfide) groups is 1. The molecule has 19 heavy (non-hydrogen) atoms. The number of nitrogens with one attached hydrogen (secondary N) is 2. The molecule has 8 heteroatoms. The van der Waals surface area contributed by atoms with Crippen LogP contribution in [0.2, 0.25) is 0 Å². The van der Waals surface area contributed by atoms with Crippen LogP contribution in [0, 0.1) is 0 Å². The normalized spacial score (nSPS) is 19.7. The summed E-state index contributed by atoms with van der Waals surface area (Å²) < 4.78 is 0. The third kappa shape index (κ3) is 6.32. The minimum absolute atomic E-state index is 0.129. The maximum Gasteiger partial charge on any atom is 0.326 e. The Morgan fingerprint density at radius 3 is 2.58 bits per heavy atom. The van der Waals surface area contributed by atoms with Crippen LogP contribution in [0.1, 0.15) is 25.7 Å². The summed E-state index contributed by atoms with van der Waals surface area (Å²) in [5.41, 5.74) is 0. The molecule has 2 atom stereocenters. The molecule has 2 unspecified atom stereocenters. The SMILES string of the molecule is O=C(O)CCC(NC(=O)NCC1CCCS1)C(=O)O. The Bertz CT molecular complexity index is 344. The van der Waals surface area contributed by atoms with E-state index in [9.17, 15) is 14.4 Å². The maximum absolute atomic E-state index is 11.5. The molecule has 2 amide bonds. The van der Waals surface area contributed by atoms with E-state index in [-0.39, 0.29) is 12.8 Å². The van der Waals surface area contributed by atoms with Crippen molar-refractivity contribution in [2.75, 3.05) is 12.3 Å². The Labute approximate surface area is 115 Å². The highest BCUT2D eigenvalue weighted by atomic mass is 32.2. The van der Waals surface area contributed by atoms with Gasteiger partial charge in [-0.25, -0.2) is 9.59 Å². The van der Waals surface area contributed by atoms with Gasteiger partial charge in [-0.05, 0) is 25.0 Å². The molecule has 0 aromatic rings. The number of carbonyl (C=O) groups is 3. The van der Waals surface area contributed by atoms with Crippen molar-refractivity contribution >= 4 is 29.7 Å². The Kier molecular flexibility index (Phi) is 6.48. The van der Waals surface area contributed by atoms with Crippen LogP contribution in [0.4, 0.5) is 4.79 Å². The van der Waals surface area contributed by atoms with Crippen molar-refractivity contribution in [3.63, 3.8) is 0 Å². The minimum atomic E-state index is -1.23. The van der Waals surface area contributed by atoms with Gasteiger partial charge >= 0.3 is 18.0 Å². The number of carboxylic acid groups (broad SMARTS) is 2. The van der Waals surface area contributed by atoms with Crippen molar-refractivity contribution in [1.82, 2.24) is 10.6 Å². The molecule has 108 valence electrons. The second kappa shape index (κ2) is 7.88. The zero-order valence-corrected chi connectivity index (χ0v) is 11.2. The molecule has 1 saturated heterocycles. The largest absolute Gasteiger partial charge is 0.481 e. The predicted molar refractivity (Wildman–Crippen MR) is 70.3 cm³/mol. The lowest BCUT2D eigenvalue weighted by Gasteiger charge is -2.15. The molecule has 0 saturated carbocycles. The number of carbonyl (C=O) groups excluding carboxylic acids is 1. The third-order valence-corrected chi connectivity index (χ3v) is 4.16. The smallest absolute Gasteiger partial charge is 0.326 e. The molecule has 0 radical (unpaired) electrons. The van der Waals surface area contributed by atoms with Crippen molar-refractivity contribution in [3.05, 3.63) is 0 Å². The lowest BCUT2D eigenvalue weighted by atomic mass is 10.1. The average Bonchev–Trinajstić information content (AvgIpc) is 2.84. The van der Waals surface area contributed by atoms with Gasteiger partial charge in [0.2, 0.25) is 0 Å². The number of urea groups is 1. The topological polar surface area (TPSA) is 116 Å². The van der Waals surface area contributed by atoms with E-state index in [1.54, 1.807) is 11.8 Å². The first kappa shape index (κ1) is 15.6. The summed E-state index contributed by atoms with van der Waals surface area (Å²) >= 11 is 1.79. The van der Waals surface area contributed by atoms with Gasteiger partial charge in [-0.15, -0.1) is 0 Å². The molecule has 1 rings (SSSR count). The fraction of sp³-hybridized carbons (Fsp3) is 0.727. The molecule has 0 aromatic carbocycles. The van der Waals surface area contributed by atoms with Crippen molar-refractivity contribution < 1.29 is 24.6 Å². The molecule has 0 bridgehead atoms. The first-order chi connectivity index (χ1) is 8.99. The fourth-order valence-electron chi connectivity index (χ4n) is 1.75. The van der Waals surface area contributed by atoms with Gasteiger partial charge in [0.1, 0.15) is 6.04 Å². The van der Waals surface area contributed by atoms with Crippen LogP contribution >= 0.6 is 11.8 Å². The molecular formula is C11H18N2O5S. The number of rotatable bonds is 7. The number of carboxylic acids is 2. The van der Waals surface area contributed by atoms with E-state index < -0.39 is 24.0 Å². The van der Waals surface area contributed by atoms with Crippen LogP contribution in [0.3, 0.4) is 0 Å². The number of aliphatic carboxylic acids is 2. The first-order valence-electron chi connectivity index (χ1n) is 6.09. The van der Waals surface area contributed by atoms with Crippen LogP contribution < -0.4 is 10.6 Å². The second-order valence-electron chi connectivity index (χ2n) is 4.31. The highest BCUT2D eigenvalue weighted by Crippen LogP contribution is 2.25. The number of hydrogen-bond acceptors (Lipinski definition) is 4. The molecule has 0 aliphatic carbocycles. The zero-order chi connectivity index (χ0) is 14.3. The summed E-state index contributed by atoms with van der Waals surface area (Å²) in [6.45, 7) is 0.502. The van der Waals surface area contributed by atoms with Crippen molar-refractivity contribution in [2.24, 2.45) is 0 Å². The Hall–Kier alpha value is -1.44. The lowest BCUT2D eigenvalue weighted by Crippen LogP contribution is -2.47. The highest BCUT2D eigenvalue weighted by Gasteiger charge is 2.22. The summed E-state index contributed by atoms with van der Waals surface area (Å²) in [7, 11) is 0. The van der Waals surface area contributed by atoms with Crippen molar-refractivity contribution in [2.45, 2.75) is 37.0 Å². The monoisotopic (exact) mass is 290 g/mol. The maximum atomic E-state index is 11.5. The lowest BCUT2D eigenvalue weighted by molar-refractivity contribution is -0.140. The molecule has 0 spiro atoms. The molecule has 1 fully saturated rings. The van der Waals surface area contributed by atoms with Gasteiger partial charge in [0.25, 0.3) is 0 Å². The highest BCUT2D eigenvalue weighted by molar-refractivity contribution is 8.00. The first-order valence-corrected chi connectivity index (χ1v) is 7.14. The van der Waals surface area contributed by atoms with Gasteiger partial charge in [-0.3, -0.25) is 4.79 Å². The van der Waals surface area contributed by atoms with Crippen LogP contribution in [-0.2, 0) is 9.59 Å². The van der Waals surface area contributed by atoms with Crippen LogP contribution in [-0.4, -0.2) is 51.8 Å². The summed E-state index contributed by atoms with van der Waals surface area (Å²) in [5, 5.41) is 22.6. The van der Waals surface area contributed by atoms with Gasteiger partial charge in [-0.1, -0.05) is 0 Å². The van der Waals surface area contributed by atoms with E-state index in [1.807, 2.05) is 0 Å². The summed E-state index contributed by atoms with van der Waals surface area (Å²) in [6, 6.07) is -1.74. The van der Waals surface area contributed by atoms with E-state index >= 15 is 0 Å². The Balaban J connectivity index is 2.29. The van der Waals surface area contributed by atoms with Gasteiger partial charge < -0.3 is 20.8 Å². The average molecular weight is 290 g/mol. The van der Waals surface area contributed by atoms with E-state index in [4.69, 9.17) is 10.2 Å². The second-order valence-corrected chi connectivity index (χ2v) is 5.72. The van der Waals surface area contributed by atoms with Gasteiger partial charge in [-0.2, -0.15) is 11.8 Å². The van der Waals surface area contributed by atoms with Gasteiger partial charge in [0.05, 0.1) is 0 Å². The Morgan fingerprint density at radius 2 is 2.05 bits per heavy atom. The fourth-order valence-corrected chi connectivity index (χ4v) is 2.95. The molecule has 0 aromatic heterocycles. The summed E-state index contributed by atoms with van der Waals surface area (Å²) in [6.07, 6.45) is 1.76. The summed E-state index contributed by atoms with van der Waals surface area (Å²) in [5.74, 6) is -1.23. The molecule has 1 heterocycles. The zero-order valence-electron chi connectivity index (χ0n) is 10.4. The molecular weight excluding hydrogens is 272 g/mol. The van der Waals surface area contributed by atoms with Gasteiger partial charge in [0, 0.05) is 18.2 Å². The number of amides is 2. The van der Waals surface area contributed by atoms with E-state index in [2.05, 4.69) is 10.6 Å². The quantitative estimate of drug-likeness (QED) is 0.542. The Morgan fingerprint density at radius 1 is 1.32 bits per heavy atom. The molecule has 1 aliphatic heterocycles. The molecule has 4 N–H and O–H groups in total. The van der Waals surface area contributed by atoms with Crippen molar-refractivity contribution in [3.8, 4) is 0 Å². The molecule has 1 aliphatic rings.